The highest BCUT2D eigenvalue weighted by Crippen LogP contribution is 2.17. The van der Waals surface area contributed by atoms with E-state index in [9.17, 15) is 14.7 Å². The SMILES string of the molecule is C=CCOC(=O)NC(C(=O)O)c1ccc(C)c(C)c1. The Morgan fingerprint density at radius 2 is 2.11 bits per heavy atom. The number of carboxylic acids is 1. The summed E-state index contributed by atoms with van der Waals surface area (Å²) in [6.45, 7) is 7.25. The molecule has 1 unspecified atom stereocenters. The molecule has 0 saturated carbocycles. The van der Waals surface area contributed by atoms with Gasteiger partial charge in [0.05, 0.1) is 0 Å². The summed E-state index contributed by atoms with van der Waals surface area (Å²) in [5.41, 5.74) is 2.53. The largest absolute Gasteiger partial charge is 0.479 e. The summed E-state index contributed by atoms with van der Waals surface area (Å²) in [6.07, 6.45) is 0.622. The summed E-state index contributed by atoms with van der Waals surface area (Å²) >= 11 is 0. The Morgan fingerprint density at radius 3 is 2.63 bits per heavy atom. The highest BCUT2D eigenvalue weighted by Gasteiger charge is 2.22. The van der Waals surface area contributed by atoms with Crippen LogP contribution in [0.3, 0.4) is 0 Å². The molecule has 0 bridgehead atoms. The molecule has 1 aromatic carbocycles. The summed E-state index contributed by atoms with van der Waals surface area (Å²) in [6, 6.07) is 4.10. The van der Waals surface area contributed by atoms with Gasteiger partial charge in [0.15, 0.2) is 6.04 Å². The molecule has 1 amide bonds. The summed E-state index contributed by atoms with van der Waals surface area (Å²) in [4.78, 5) is 22.6. The molecule has 0 aliphatic rings. The Balaban J connectivity index is 2.88. The first kappa shape index (κ1) is 14.8. The van der Waals surface area contributed by atoms with Crippen molar-refractivity contribution in [1.82, 2.24) is 5.32 Å². The van der Waals surface area contributed by atoms with E-state index in [-0.39, 0.29) is 6.61 Å². The smallest absolute Gasteiger partial charge is 0.408 e. The van der Waals surface area contributed by atoms with Crippen LogP contribution in [0.15, 0.2) is 30.9 Å². The first-order valence-electron chi connectivity index (χ1n) is 5.80. The van der Waals surface area contributed by atoms with Gasteiger partial charge in [0.25, 0.3) is 0 Å². The lowest BCUT2D eigenvalue weighted by molar-refractivity contribution is -0.139. The zero-order valence-corrected chi connectivity index (χ0v) is 11.0. The number of carboxylic acid groups (broad SMARTS) is 1. The molecule has 0 aliphatic heterocycles. The molecule has 0 saturated heterocycles. The van der Waals surface area contributed by atoms with Crippen molar-refractivity contribution < 1.29 is 19.4 Å². The van der Waals surface area contributed by atoms with E-state index in [4.69, 9.17) is 4.74 Å². The van der Waals surface area contributed by atoms with E-state index in [1.807, 2.05) is 19.9 Å². The first-order valence-corrected chi connectivity index (χ1v) is 5.80. The number of benzene rings is 1. The van der Waals surface area contributed by atoms with E-state index in [2.05, 4.69) is 11.9 Å². The monoisotopic (exact) mass is 263 g/mol. The molecule has 1 aromatic rings. The molecule has 1 rings (SSSR count). The van der Waals surface area contributed by atoms with Crippen molar-refractivity contribution in [3.05, 3.63) is 47.5 Å². The number of amides is 1. The Bertz CT molecular complexity index is 496. The molecule has 0 spiro atoms. The fourth-order valence-electron chi connectivity index (χ4n) is 1.53. The lowest BCUT2D eigenvalue weighted by Crippen LogP contribution is -2.34. The number of alkyl carbamates (subject to hydrolysis) is 1. The number of hydrogen-bond donors (Lipinski definition) is 2. The normalized spacial score (nSPS) is 11.5. The number of rotatable bonds is 5. The van der Waals surface area contributed by atoms with Crippen LogP contribution in [-0.2, 0) is 9.53 Å². The average Bonchev–Trinajstić information content (AvgIpc) is 2.36. The van der Waals surface area contributed by atoms with Crippen molar-refractivity contribution in [3.8, 4) is 0 Å². The van der Waals surface area contributed by atoms with Crippen LogP contribution in [0, 0.1) is 13.8 Å². The minimum Gasteiger partial charge on any atom is -0.479 e. The van der Waals surface area contributed by atoms with Crippen molar-refractivity contribution in [2.75, 3.05) is 6.61 Å². The second-order valence-electron chi connectivity index (χ2n) is 4.15. The maximum atomic E-state index is 11.4. The predicted molar refractivity (Wildman–Crippen MR) is 71.0 cm³/mol. The standard InChI is InChI=1S/C14H17NO4/c1-4-7-19-14(18)15-12(13(16)17)11-6-5-9(2)10(3)8-11/h4-6,8,12H,1,7H2,2-3H3,(H,15,18)(H,16,17). The third-order valence-electron chi connectivity index (χ3n) is 2.71. The Labute approximate surface area is 111 Å². The molecule has 0 heterocycles. The predicted octanol–water partition coefficient (Wildman–Crippen LogP) is 2.34. The third-order valence-corrected chi connectivity index (χ3v) is 2.71. The van der Waals surface area contributed by atoms with Crippen LogP contribution in [0.4, 0.5) is 4.79 Å². The maximum absolute atomic E-state index is 11.4. The fraction of sp³-hybridized carbons (Fsp3) is 0.286. The third kappa shape index (κ3) is 4.13. The van der Waals surface area contributed by atoms with Crippen molar-refractivity contribution in [2.24, 2.45) is 0 Å². The van der Waals surface area contributed by atoms with Crippen LogP contribution < -0.4 is 5.32 Å². The number of nitrogens with one attached hydrogen (secondary N) is 1. The minimum atomic E-state index is -1.14. The molecule has 0 fully saturated rings. The number of ether oxygens (including phenoxy) is 1. The fourth-order valence-corrected chi connectivity index (χ4v) is 1.53. The van der Waals surface area contributed by atoms with Gasteiger partial charge in [0.1, 0.15) is 6.61 Å². The molecule has 0 radical (unpaired) electrons. The van der Waals surface area contributed by atoms with E-state index in [1.54, 1.807) is 12.1 Å². The number of carbonyl (C=O) groups excluding carboxylic acids is 1. The molecule has 0 aromatic heterocycles. The molecular weight excluding hydrogens is 246 g/mol. The van der Waals surface area contributed by atoms with Crippen LogP contribution in [0.25, 0.3) is 0 Å². The van der Waals surface area contributed by atoms with Gasteiger partial charge in [-0.05, 0) is 30.5 Å². The van der Waals surface area contributed by atoms with E-state index < -0.39 is 18.1 Å². The lowest BCUT2D eigenvalue weighted by Gasteiger charge is -2.15. The van der Waals surface area contributed by atoms with Gasteiger partial charge >= 0.3 is 12.1 Å². The Hall–Kier alpha value is -2.30. The van der Waals surface area contributed by atoms with Gasteiger partial charge in [-0.3, -0.25) is 0 Å². The summed E-state index contributed by atoms with van der Waals surface area (Å²) in [5, 5.41) is 11.5. The molecule has 5 heteroatoms. The highest BCUT2D eigenvalue weighted by molar-refractivity contribution is 5.81. The quantitative estimate of drug-likeness (QED) is 0.799. The average molecular weight is 263 g/mol. The second-order valence-corrected chi connectivity index (χ2v) is 4.15. The molecule has 2 N–H and O–H groups in total. The number of carbonyl (C=O) groups is 2. The lowest BCUT2D eigenvalue weighted by atomic mass is 10.0. The first-order chi connectivity index (χ1) is 8.95. The van der Waals surface area contributed by atoms with Crippen molar-refractivity contribution in [2.45, 2.75) is 19.9 Å². The molecule has 1 atom stereocenters. The molecule has 102 valence electrons. The van der Waals surface area contributed by atoms with Gasteiger partial charge in [-0.1, -0.05) is 30.9 Å². The van der Waals surface area contributed by atoms with Crippen LogP contribution in [0.2, 0.25) is 0 Å². The van der Waals surface area contributed by atoms with Crippen molar-refractivity contribution in [1.29, 1.82) is 0 Å². The van der Waals surface area contributed by atoms with Crippen LogP contribution in [0.5, 0.6) is 0 Å². The summed E-state index contributed by atoms with van der Waals surface area (Å²) in [7, 11) is 0. The molecule has 5 nitrogen and oxygen atoms in total. The number of aliphatic carboxylic acids is 1. The van der Waals surface area contributed by atoms with Crippen molar-refractivity contribution in [3.63, 3.8) is 0 Å². The van der Waals surface area contributed by atoms with Crippen molar-refractivity contribution >= 4 is 12.1 Å². The number of aryl methyl sites for hydroxylation is 2. The van der Waals surface area contributed by atoms with Gasteiger partial charge in [-0.25, -0.2) is 9.59 Å². The topological polar surface area (TPSA) is 75.6 Å². The summed E-state index contributed by atoms with van der Waals surface area (Å²) < 4.78 is 4.72. The highest BCUT2D eigenvalue weighted by atomic mass is 16.5. The van der Waals surface area contributed by atoms with Crippen LogP contribution in [0.1, 0.15) is 22.7 Å². The van der Waals surface area contributed by atoms with Gasteiger partial charge in [-0.2, -0.15) is 0 Å². The zero-order chi connectivity index (χ0) is 14.4. The zero-order valence-electron chi connectivity index (χ0n) is 11.0. The van der Waals surface area contributed by atoms with E-state index in [1.165, 1.54) is 6.08 Å². The molecule has 19 heavy (non-hydrogen) atoms. The second kappa shape index (κ2) is 6.58. The van der Waals surface area contributed by atoms with E-state index in [0.717, 1.165) is 11.1 Å². The number of hydrogen-bond acceptors (Lipinski definition) is 3. The molecular formula is C14H17NO4. The van der Waals surface area contributed by atoms with E-state index in [0.29, 0.717) is 5.56 Å². The van der Waals surface area contributed by atoms with Gasteiger partial charge in [0, 0.05) is 0 Å². The van der Waals surface area contributed by atoms with E-state index >= 15 is 0 Å². The van der Waals surface area contributed by atoms with Crippen LogP contribution in [-0.4, -0.2) is 23.8 Å². The summed E-state index contributed by atoms with van der Waals surface area (Å²) in [5.74, 6) is -1.14. The Morgan fingerprint density at radius 1 is 1.42 bits per heavy atom. The Kier molecular flexibility index (Phi) is 5.11. The van der Waals surface area contributed by atoms with Gasteiger partial charge in [0.2, 0.25) is 0 Å². The van der Waals surface area contributed by atoms with Gasteiger partial charge < -0.3 is 15.2 Å². The van der Waals surface area contributed by atoms with Gasteiger partial charge in [-0.15, -0.1) is 0 Å². The maximum Gasteiger partial charge on any atom is 0.408 e. The molecule has 0 aliphatic carbocycles. The van der Waals surface area contributed by atoms with Crippen LogP contribution >= 0.6 is 0 Å². The minimum absolute atomic E-state index is 0.0328.